The summed E-state index contributed by atoms with van der Waals surface area (Å²) < 4.78 is 9.03. The van der Waals surface area contributed by atoms with Crippen molar-refractivity contribution in [2.45, 2.75) is 38.2 Å². The van der Waals surface area contributed by atoms with Crippen LogP contribution in [0.3, 0.4) is 0 Å². The van der Waals surface area contributed by atoms with E-state index in [0.29, 0.717) is 0 Å². The second-order valence-electron chi connectivity index (χ2n) is 3.25. The lowest BCUT2D eigenvalue weighted by molar-refractivity contribution is -0.139. The Morgan fingerprint density at radius 1 is 0.944 bits per heavy atom. The topological polar surface area (TPSA) is 52.6 Å². The largest absolute Gasteiger partial charge is 0.468 e. The van der Waals surface area contributed by atoms with E-state index in [1.54, 1.807) is 13.8 Å². The highest BCUT2D eigenvalue weighted by molar-refractivity contribution is 8.01. The van der Waals surface area contributed by atoms with Crippen LogP contribution >= 0.6 is 23.5 Å². The summed E-state index contributed by atoms with van der Waals surface area (Å²) in [5, 5.41) is -0.696. The predicted molar refractivity (Wildman–Crippen MR) is 79.2 cm³/mol. The average molecular weight is 296 g/mol. The van der Waals surface area contributed by atoms with E-state index in [-0.39, 0.29) is 22.4 Å². The molecule has 0 aliphatic rings. The highest BCUT2D eigenvalue weighted by Crippen LogP contribution is 2.19. The fourth-order valence-electron chi connectivity index (χ4n) is 0.953. The monoisotopic (exact) mass is 296 g/mol. The van der Waals surface area contributed by atoms with Crippen LogP contribution in [0.15, 0.2) is 0 Å². The summed E-state index contributed by atoms with van der Waals surface area (Å²) in [4.78, 5) is 21.9. The second kappa shape index (κ2) is 13.1. The van der Waals surface area contributed by atoms with Gasteiger partial charge in [-0.2, -0.15) is 11.8 Å². The minimum atomic E-state index is -0.348. The Morgan fingerprint density at radius 3 is 1.44 bits per heavy atom. The molecular formula is C12H24O4S2. The summed E-state index contributed by atoms with van der Waals surface area (Å²) in [7, 11) is 2.64. The Balaban J connectivity index is 0. The van der Waals surface area contributed by atoms with Gasteiger partial charge in [0.15, 0.2) is 0 Å². The fraction of sp³-hybridized carbons (Fsp3) is 0.833. The van der Waals surface area contributed by atoms with E-state index in [4.69, 9.17) is 0 Å². The molecule has 0 aromatic rings. The number of ether oxygens (including phenoxy) is 2. The molecule has 0 saturated carbocycles. The maximum atomic E-state index is 11.0. The third-order valence-electron chi connectivity index (χ3n) is 1.88. The zero-order valence-corrected chi connectivity index (χ0v) is 13.7. The molecule has 6 heteroatoms. The molecule has 0 amide bonds. The second-order valence-corrected chi connectivity index (χ2v) is 6.50. The fourth-order valence-corrected chi connectivity index (χ4v) is 2.39. The van der Waals surface area contributed by atoms with Crippen molar-refractivity contribution in [2.75, 3.05) is 25.7 Å². The molecule has 4 nitrogen and oxygen atoms in total. The van der Waals surface area contributed by atoms with Gasteiger partial charge in [0.05, 0.1) is 14.2 Å². The zero-order valence-electron chi connectivity index (χ0n) is 12.0. The van der Waals surface area contributed by atoms with Crippen molar-refractivity contribution in [3.63, 3.8) is 0 Å². The summed E-state index contributed by atoms with van der Waals surface area (Å²) in [6.07, 6.45) is 0. The smallest absolute Gasteiger partial charge is 0.318 e. The van der Waals surface area contributed by atoms with E-state index in [2.05, 4.69) is 23.3 Å². The Labute approximate surface area is 119 Å². The highest BCUT2D eigenvalue weighted by atomic mass is 32.2. The van der Waals surface area contributed by atoms with Crippen molar-refractivity contribution in [1.29, 1.82) is 0 Å². The number of carbonyl (C=O) groups excluding carboxylic acids is 2. The van der Waals surface area contributed by atoms with Gasteiger partial charge < -0.3 is 9.47 Å². The molecule has 0 heterocycles. The molecule has 2 unspecified atom stereocenters. The number of esters is 2. The van der Waals surface area contributed by atoms with Crippen molar-refractivity contribution < 1.29 is 19.1 Å². The third kappa shape index (κ3) is 10.8. The maximum absolute atomic E-state index is 11.0. The van der Waals surface area contributed by atoms with Crippen LogP contribution in [0.2, 0.25) is 0 Å². The quantitative estimate of drug-likeness (QED) is 0.702. The molecule has 0 fully saturated rings. The van der Waals surface area contributed by atoms with Gasteiger partial charge in [-0.15, -0.1) is 11.8 Å². The van der Waals surface area contributed by atoms with Gasteiger partial charge in [0.25, 0.3) is 0 Å². The molecule has 0 spiro atoms. The van der Waals surface area contributed by atoms with Gasteiger partial charge in [-0.1, -0.05) is 13.8 Å². The van der Waals surface area contributed by atoms with Crippen LogP contribution in [-0.4, -0.2) is 48.2 Å². The zero-order chi connectivity index (χ0) is 14.6. The van der Waals surface area contributed by atoms with Gasteiger partial charge in [0.1, 0.15) is 10.5 Å². The van der Waals surface area contributed by atoms with Gasteiger partial charge in [-0.3, -0.25) is 9.59 Å². The predicted octanol–water partition coefficient (Wildman–Crippen LogP) is 2.60. The molecule has 0 aliphatic heterocycles. The van der Waals surface area contributed by atoms with E-state index in [9.17, 15) is 9.59 Å². The average Bonchev–Trinajstić information content (AvgIpc) is 2.38. The minimum Gasteiger partial charge on any atom is -0.468 e. The summed E-state index contributed by atoms with van der Waals surface area (Å²) in [5.74, 6) is 1.86. The molecule has 108 valence electrons. The van der Waals surface area contributed by atoms with Gasteiger partial charge >= 0.3 is 11.9 Å². The molecule has 0 rings (SSSR count). The first-order chi connectivity index (χ1) is 8.44. The van der Waals surface area contributed by atoms with Gasteiger partial charge in [0, 0.05) is 0 Å². The lowest BCUT2D eigenvalue weighted by atomic mass is 10.5. The van der Waals surface area contributed by atoms with Crippen molar-refractivity contribution in [3.05, 3.63) is 0 Å². The van der Waals surface area contributed by atoms with Gasteiger partial charge in [0.2, 0.25) is 0 Å². The van der Waals surface area contributed by atoms with Gasteiger partial charge in [-0.25, -0.2) is 0 Å². The van der Waals surface area contributed by atoms with E-state index in [0.717, 1.165) is 0 Å². The molecule has 0 aliphatic carbocycles. The van der Waals surface area contributed by atoms with Crippen LogP contribution in [0.5, 0.6) is 0 Å². The van der Waals surface area contributed by atoms with Crippen LogP contribution in [0.4, 0.5) is 0 Å². The molecule has 2 atom stereocenters. The lowest BCUT2D eigenvalue weighted by Crippen LogP contribution is -2.23. The molecule has 0 bridgehead atoms. The van der Waals surface area contributed by atoms with E-state index in [1.807, 2.05) is 11.8 Å². The number of hydrogen-bond donors (Lipinski definition) is 0. The van der Waals surface area contributed by atoms with Crippen LogP contribution in [0.25, 0.3) is 0 Å². The molecule has 18 heavy (non-hydrogen) atoms. The van der Waals surface area contributed by atoms with Crippen molar-refractivity contribution in [2.24, 2.45) is 0 Å². The summed E-state index contributed by atoms with van der Waals surface area (Å²) in [5.41, 5.74) is 0. The maximum Gasteiger partial charge on any atom is 0.318 e. The minimum absolute atomic E-state index is 0.333. The Morgan fingerprint density at radius 2 is 1.28 bits per heavy atom. The van der Waals surface area contributed by atoms with E-state index in [1.165, 1.54) is 37.5 Å². The standard InChI is InChI=1S/C8H14O4S.C4H10S/c1-5(7(9)11-3)13-6(2)8(10)12-4;1-3-5-4-2/h5-6H,1-4H3;3-4H2,1-2H3. The first-order valence-electron chi connectivity index (χ1n) is 5.83. The molecule has 0 N–H and O–H groups in total. The number of rotatable bonds is 6. The Bertz CT molecular complexity index is 212. The Hall–Kier alpha value is -0.360. The third-order valence-corrected chi connectivity index (χ3v) is 3.90. The summed E-state index contributed by atoms with van der Waals surface area (Å²) >= 11 is 3.18. The number of carbonyl (C=O) groups is 2. The van der Waals surface area contributed by atoms with Crippen LogP contribution in [-0.2, 0) is 19.1 Å². The number of methoxy groups -OCH3 is 2. The molecule has 0 aromatic heterocycles. The normalized spacial score (nSPS) is 12.8. The summed E-state index contributed by atoms with van der Waals surface area (Å²) in [6.45, 7) is 7.73. The SMILES string of the molecule is CCSCC.COC(=O)C(C)SC(C)C(=O)OC. The number of thioether (sulfide) groups is 2. The van der Waals surface area contributed by atoms with Crippen molar-refractivity contribution in [1.82, 2.24) is 0 Å². The highest BCUT2D eigenvalue weighted by Gasteiger charge is 2.22. The first kappa shape index (κ1) is 20.0. The van der Waals surface area contributed by atoms with E-state index < -0.39 is 0 Å². The van der Waals surface area contributed by atoms with Crippen LogP contribution in [0.1, 0.15) is 27.7 Å². The number of hydrogen-bond acceptors (Lipinski definition) is 6. The molecular weight excluding hydrogens is 272 g/mol. The van der Waals surface area contributed by atoms with Gasteiger partial charge in [-0.05, 0) is 25.4 Å². The lowest BCUT2D eigenvalue weighted by Gasteiger charge is -2.12. The van der Waals surface area contributed by atoms with Crippen molar-refractivity contribution in [3.8, 4) is 0 Å². The molecule has 0 aromatic carbocycles. The van der Waals surface area contributed by atoms with Crippen LogP contribution < -0.4 is 0 Å². The van der Waals surface area contributed by atoms with Crippen LogP contribution in [0, 0.1) is 0 Å². The Kier molecular flexibility index (Phi) is 14.5. The summed E-state index contributed by atoms with van der Waals surface area (Å²) in [6, 6.07) is 0. The molecule has 0 saturated heterocycles. The first-order valence-corrected chi connectivity index (χ1v) is 7.93. The van der Waals surface area contributed by atoms with Crippen molar-refractivity contribution >= 4 is 35.5 Å². The molecule has 0 radical (unpaired) electrons. The van der Waals surface area contributed by atoms with E-state index >= 15 is 0 Å².